The molecule has 0 radical (unpaired) electrons. The Kier molecular flexibility index (Phi) is 6.18. The van der Waals surface area contributed by atoms with E-state index in [9.17, 15) is 13.9 Å². The molecule has 2 rings (SSSR count). The van der Waals surface area contributed by atoms with Gasteiger partial charge in [0.2, 0.25) is 0 Å². The Morgan fingerprint density at radius 2 is 2.00 bits per heavy atom. The molecule has 1 aliphatic heterocycles. The quantitative estimate of drug-likeness (QED) is 0.833. The molecule has 1 aromatic rings. The number of hydrogen-bond donors (Lipinski definition) is 1. The van der Waals surface area contributed by atoms with Crippen LogP contribution in [0.2, 0.25) is 0 Å². The van der Waals surface area contributed by atoms with Gasteiger partial charge in [-0.25, -0.2) is 0 Å². The standard InChI is InChI=1S/C17H25F2NO3/c1-3-17(12-21)6-8-20(9-7-17)11-13-4-5-14(22-2)10-15(13)23-16(18)19/h4-5,10,16,21H,3,6-9,11-12H2,1-2H3. The minimum absolute atomic E-state index is 0.0126. The van der Waals surface area contributed by atoms with Crippen LogP contribution in [0.4, 0.5) is 8.78 Å². The van der Waals surface area contributed by atoms with Gasteiger partial charge in [0.05, 0.1) is 7.11 Å². The van der Waals surface area contributed by atoms with E-state index in [0.717, 1.165) is 37.9 Å². The molecule has 1 saturated heterocycles. The molecule has 1 fully saturated rings. The monoisotopic (exact) mass is 329 g/mol. The first-order valence-electron chi connectivity index (χ1n) is 7.97. The van der Waals surface area contributed by atoms with E-state index in [-0.39, 0.29) is 17.8 Å². The van der Waals surface area contributed by atoms with Gasteiger partial charge in [0.25, 0.3) is 0 Å². The summed E-state index contributed by atoms with van der Waals surface area (Å²) < 4.78 is 34.9. The molecule has 0 unspecified atom stereocenters. The smallest absolute Gasteiger partial charge is 0.387 e. The summed E-state index contributed by atoms with van der Waals surface area (Å²) in [6.45, 7) is 1.69. The second-order valence-electron chi connectivity index (χ2n) is 6.14. The van der Waals surface area contributed by atoms with Crippen molar-refractivity contribution in [3.8, 4) is 11.5 Å². The number of aliphatic hydroxyl groups is 1. The van der Waals surface area contributed by atoms with Gasteiger partial charge in [-0.3, -0.25) is 4.90 Å². The van der Waals surface area contributed by atoms with Gasteiger partial charge < -0.3 is 14.6 Å². The molecule has 0 aromatic heterocycles. The summed E-state index contributed by atoms with van der Waals surface area (Å²) in [5, 5.41) is 9.58. The zero-order valence-electron chi connectivity index (χ0n) is 13.7. The van der Waals surface area contributed by atoms with E-state index in [4.69, 9.17) is 4.74 Å². The van der Waals surface area contributed by atoms with E-state index < -0.39 is 6.61 Å². The number of methoxy groups -OCH3 is 1. The summed E-state index contributed by atoms with van der Waals surface area (Å²) >= 11 is 0. The van der Waals surface area contributed by atoms with Gasteiger partial charge in [0, 0.05) is 24.8 Å². The number of halogens is 2. The molecule has 23 heavy (non-hydrogen) atoms. The van der Waals surface area contributed by atoms with Crippen LogP contribution >= 0.6 is 0 Å². The van der Waals surface area contributed by atoms with E-state index in [1.54, 1.807) is 12.1 Å². The fourth-order valence-corrected chi connectivity index (χ4v) is 3.05. The maximum atomic E-state index is 12.6. The first kappa shape index (κ1) is 17.9. The first-order chi connectivity index (χ1) is 11.0. The first-order valence-corrected chi connectivity index (χ1v) is 7.97. The van der Waals surface area contributed by atoms with Crippen molar-refractivity contribution in [2.24, 2.45) is 5.41 Å². The molecule has 0 amide bonds. The molecule has 1 aliphatic rings. The third-order valence-electron chi connectivity index (χ3n) is 4.89. The molecule has 0 spiro atoms. The van der Waals surface area contributed by atoms with E-state index in [1.807, 2.05) is 0 Å². The highest BCUT2D eigenvalue weighted by Crippen LogP contribution is 2.35. The second kappa shape index (κ2) is 7.93. The largest absolute Gasteiger partial charge is 0.497 e. The van der Waals surface area contributed by atoms with Gasteiger partial charge in [0.1, 0.15) is 11.5 Å². The molecule has 1 heterocycles. The lowest BCUT2D eigenvalue weighted by Gasteiger charge is -2.40. The van der Waals surface area contributed by atoms with Crippen LogP contribution in [-0.2, 0) is 6.54 Å². The third-order valence-corrected chi connectivity index (χ3v) is 4.89. The average Bonchev–Trinajstić information content (AvgIpc) is 2.57. The molecule has 0 bridgehead atoms. The fourth-order valence-electron chi connectivity index (χ4n) is 3.05. The maximum Gasteiger partial charge on any atom is 0.387 e. The third kappa shape index (κ3) is 4.54. The van der Waals surface area contributed by atoms with E-state index in [0.29, 0.717) is 12.3 Å². The highest BCUT2D eigenvalue weighted by molar-refractivity contribution is 5.40. The van der Waals surface area contributed by atoms with Crippen LogP contribution in [0, 0.1) is 5.41 Å². The van der Waals surface area contributed by atoms with E-state index >= 15 is 0 Å². The fraction of sp³-hybridized carbons (Fsp3) is 0.647. The number of benzene rings is 1. The Morgan fingerprint density at radius 3 is 2.52 bits per heavy atom. The lowest BCUT2D eigenvalue weighted by molar-refractivity contribution is -0.0510. The molecule has 130 valence electrons. The van der Waals surface area contributed by atoms with Crippen molar-refractivity contribution in [1.29, 1.82) is 0 Å². The zero-order chi connectivity index (χ0) is 16.9. The second-order valence-corrected chi connectivity index (χ2v) is 6.14. The summed E-state index contributed by atoms with van der Waals surface area (Å²) in [6.07, 6.45) is 2.79. The van der Waals surface area contributed by atoms with Gasteiger partial charge in [-0.2, -0.15) is 8.78 Å². The van der Waals surface area contributed by atoms with Crippen LogP contribution in [-0.4, -0.2) is 43.4 Å². The minimum Gasteiger partial charge on any atom is -0.497 e. The lowest BCUT2D eigenvalue weighted by Crippen LogP contribution is -2.41. The number of piperidine rings is 1. The Hall–Kier alpha value is -1.40. The summed E-state index contributed by atoms with van der Waals surface area (Å²) in [7, 11) is 1.49. The Bertz CT molecular complexity index is 497. The number of likely N-dealkylation sites (tertiary alicyclic amines) is 1. The minimum atomic E-state index is -2.86. The molecule has 4 nitrogen and oxygen atoms in total. The molecule has 0 aliphatic carbocycles. The van der Waals surface area contributed by atoms with Crippen molar-refractivity contribution >= 4 is 0 Å². The molecule has 0 atom stereocenters. The van der Waals surface area contributed by atoms with E-state index in [1.165, 1.54) is 13.2 Å². The Labute approximate surface area is 136 Å². The highest BCUT2D eigenvalue weighted by Gasteiger charge is 2.32. The predicted molar refractivity (Wildman–Crippen MR) is 83.9 cm³/mol. The molecule has 0 saturated carbocycles. The molecule has 1 aromatic carbocycles. The van der Waals surface area contributed by atoms with Crippen LogP contribution in [0.5, 0.6) is 11.5 Å². The number of hydrogen-bond acceptors (Lipinski definition) is 4. The number of aliphatic hydroxyl groups excluding tert-OH is 1. The number of rotatable bonds is 7. The zero-order valence-corrected chi connectivity index (χ0v) is 13.7. The summed E-state index contributed by atoms with van der Waals surface area (Å²) in [5.41, 5.74) is 0.734. The van der Waals surface area contributed by atoms with Gasteiger partial charge in [-0.05, 0) is 43.8 Å². The SMILES string of the molecule is CCC1(CO)CCN(Cc2ccc(OC)cc2OC(F)F)CC1. The van der Waals surface area contributed by atoms with Crippen molar-refractivity contribution in [3.05, 3.63) is 23.8 Å². The van der Waals surface area contributed by atoms with Gasteiger partial charge >= 0.3 is 6.61 Å². The highest BCUT2D eigenvalue weighted by atomic mass is 19.3. The van der Waals surface area contributed by atoms with Crippen LogP contribution in [0.3, 0.4) is 0 Å². The van der Waals surface area contributed by atoms with Crippen molar-refractivity contribution in [1.82, 2.24) is 4.90 Å². The number of ether oxygens (including phenoxy) is 2. The lowest BCUT2D eigenvalue weighted by atomic mass is 9.77. The average molecular weight is 329 g/mol. The maximum absolute atomic E-state index is 12.6. The van der Waals surface area contributed by atoms with Crippen molar-refractivity contribution < 1.29 is 23.4 Å². The van der Waals surface area contributed by atoms with Crippen molar-refractivity contribution in [2.75, 3.05) is 26.8 Å². The van der Waals surface area contributed by atoms with E-state index in [2.05, 4.69) is 16.6 Å². The molecular weight excluding hydrogens is 304 g/mol. The molecular formula is C17H25F2NO3. The summed E-state index contributed by atoms with van der Waals surface area (Å²) in [6, 6.07) is 5.02. The van der Waals surface area contributed by atoms with Crippen molar-refractivity contribution in [2.45, 2.75) is 39.3 Å². The van der Waals surface area contributed by atoms with Gasteiger partial charge in [-0.1, -0.05) is 13.0 Å². The van der Waals surface area contributed by atoms with Crippen LogP contribution in [0.15, 0.2) is 18.2 Å². The van der Waals surface area contributed by atoms with Crippen molar-refractivity contribution in [3.63, 3.8) is 0 Å². The normalized spacial score (nSPS) is 18.2. The Morgan fingerprint density at radius 1 is 1.30 bits per heavy atom. The molecule has 1 N–H and O–H groups in total. The van der Waals surface area contributed by atoms with Gasteiger partial charge in [0.15, 0.2) is 0 Å². The predicted octanol–water partition coefficient (Wildman–Crippen LogP) is 3.28. The van der Waals surface area contributed by atoms with Crippen LogP contribution < -0.4 is 9.47 Å². The van der Waals surface area contributed by atoms with Crippen LogP contribution in [0.1, 0.15) is 31.7 Å². The topological polar surface area (TPSA) is 41.9 Å². The summed E-state index contributed by atoms with van der Waals surface area (Å²) in [4.78, 5) is 2.21. The number of nitrogens with zero attached hydrogens (tertiary/aromatic N) is 1. The van der Waals surface area contributed by atoms with Gasteiger partial charge in [-0.15, -0.1) is 0 Å². The summed E-state index contributed by atoms with van der Waals surface area (Å²) in [5.74, 6) is 0.655. The Balaban J connectivity index is 2.05. The molecule has 6 heteroatoms. The number of alkyl halides is 2. The van der Waals surface area contributed by atoms with Crippen LogP contribution in [0.25, 0.3) is 0 Å².